The molecule has 0 spiro atoms. The lowest BCUT2D eigenvalue weighted by Crippen LogP contribution is -2.37. The fraction of sp³-hybridized carbons (Fsp3) is 0.438. The summed E-state index contributed by atoms with van der Waals surface area (Å²) in [7, 11) is 0. The maximum Gasteiger partial charge on any atom is 0.238 e. The first-order chi connectivity index (χ1) is 10.1. The summed E-state index contributed by atoms with van der Waals surface area (Å²) in [6.45, 7) is 0. The molecule has 0 N–H and O–H groups in total. The van der Waals surface area contributed by atoms with Gasteiger partial charge in [-0.25, -0.2) is 0 Å². The van der Waals surface area contributed by atoms with E-state index >= 15 is 0 Å². The summed E-state index contributed by atoms with van der Waals surface area (Å²) in [5.74, 6) is -1.00. The minimum absolute atomic E-state index is 0.125. The topological polar surface area (TPSA) is 54.5 Å². The number of imide groups is 1. The molecular weight excluding hydrogens is 290 g/mol. The van der Waals surface area contributed by atoms with Crippen molar-refractivity contribution in [1.29, 1.82) is 0 Å². The van der Waals surface area contributed by atoms with Crippen LogP contribution in [-0.2, 0) is 14.4 Å². The van der Waals surface area contributed by atoms with Gasteiger partial charge >= 0.3 is 0 Å². The Hall–Kier alpha value is -1.68. The molecule has 1 heterocycles. The van der Waals surface area contributed by atoms with Gasteiger partial charge in [0.05, 0.1) is 11.6 Å². The van der Waals surface area contributed by atoms with Crippen LogP contribution in [0.3, 0.4) is 0 Å². The molecule has 1 aliphatic carbocycles. The zero-order valence-electron chi connectivity index (χ0n) is 11.5. The monoisotopic (exact) mass is 305 g/mol. The molecule has 0 aromatic heterocycles. The number of rotatable bonds is 3. The molecular formula is C16H16ClNO3. The molecule has 0 radical (unpaired) electrons. The number of benzene rings is 1. The molecule has 2 amide bonds. The number of nitrogens with zero attached hydrogens (tertiary/aromatic N) is 1. The van der Waals surface area contributed by atoms with Crippen LogP contribution in [-0.4, -0.2) is 18.1 Å². The Morgan fingerprint density at radius 3 is 2.33 bits per heavy atom. The van der Waals surface area contributed by atoms with Crippen molar-refractivity contribution in [3.63, 3.8) is 0 Å². The third kappa shape index (κ3) is 2.27. The van der Waals surface area contributed by atoms with E-state index < -0.39 is 11.3 Å². The quantitative estimate of drug-likeness (QED) is 0.637. The van der Waals surface area contributed by atoms with Crippen LogP contribution in [0.4, 0.5) is 5.69 Å². The Morgan fingerprint density at radius 1 is 1.14 bits per heavy atom. The highest BCUT2D eigenvalue weighted by atomic mass is 35.5. The predicted octanol–water partition coefficient (Wildman–Crippen LogP) is 2.98. The summed E-state index contributed by atoms with van der Waals surface area (Å²) in [5, 5.41) is 0.551. The van der Waals surface area contributed by atoms with Gasteiger partial charge in [-0.2, -0.15) is 0 Å². The normalized spacial score (nSPS) is 24.6. The Balaban J connectivity index is 1.92. The van der Waals surface area contributed by atoms with Gasteiger partial charge in [-0.05, 0) is 37.1 Å². The molecule has 2 fully saturated rings. The average molecular weight is 306 g/mol. The average Bonchev–Trinajstić information content (AvgIpc) is 3.06. The number of carbonyl (C=O) groups excluding carboxylic acids is 3. The molecule has 5 heteroatoms. The second-order valence-electron chi connectivity index (χ2n) is 5.86. The van der Waals surface area contributed by atoms with Crippen molar-refractivity contribution in [2.75, 3.05) is 4.90 Å². The first kappa shape index (κ1) is 14.3. The second-order valence-corrected chi connectivity index (χ2v) is 6.30. The fourth-order valence-corrected chi connectivity index (χ4v) is 3.65. The van der Waals surface area contributed by atoms with Gasteiger partial charge in [-0.15, -0.1) is 0 Å². The summed E-state index contributed by atoms with van der Waals surface area (Å²) in [5.41, 5.74) is -0.121. The van der Waals surface area contributed by atoms with Crippen LogP contribution in [0.1, 0.15) is 32.1 Å². The molecule has 3 rings (SSSR count). The number of aldehydes is 1. The number of hydrogen-bond donors (Lipinski definition) is 0. The third-order valence-electron chi connectivity index (χ3n) is 4.69. The summed E-state index contributed by atoms with van der Waals surface area (Å²) in [6, 6.07) is 6.61. The molecule has 1 aliphatic heterocycles. The van der Waals surface area contributed by atoms with Gasteiger partial charge in [0, 0.05) is 16.9 Å². The molecule has 21 heavy (non-hydrogen) atoms. The first-order valence-corrected chi connectivity index (χ1v) is 7.54. The molecule has 110 valence electrons. The van der Waals surface area contributed by atoms with Crippen molar-refractivity contribution in [2.24, 2.45) is 11.3 Å². The minimum atomic E-state index is -0.645. The maximum absolute atomic E-state index is 12.7. The summed E-state index contributed by atoms with van der Waals surface area (Å²) < 4.78 is 0. The van der Waals surface area contributed by atoms with Crippen LogP contribution < -0.4 is 4.90 Å². The highest BCUT2D eigenvalue weighted by Gasteiger charge is 2.52. The van der Waals surface area contributed by atoms with Gasteiger partial charge in [0.25, 0.3) is 0 Å². The molecule has 2 aliphatic rings. The van der Waals surface area contributed by atoms with Crippen LogP contribution in [0.15, 0.2) is 24.3 Å². The van der Waals surface area contributed by atoms with Crippen molar-refractivity contribution in [1.82, 2.24) is 0 Å². The molecule has 1 saturated heterocycles. The number of carbonyl (C=O) groups is 3. The van der Waals surface area contributed by atoms with Crippen LogP contribution in [0.5, 0.6) is 0 Å². The highest BCUT2D eigenvalue weighted by Crippen LogP contribution is 2.47. The summed E-state index contributed by atoms with van der Waals surface area (Å²) in [6.07, 6.45) is 4.32. The molecule has 1 saturated carbocycles. The van der Waals surface area contributed by atoms with E-state index in [-0.39, 0.29) is 18.2 Å². The zero-order valence-corrected chi connectivity index (χ0v) is 12.3. The highest BCUT2D eigenvalue weighted by molar-refractivity contribution is 6.30. The van der Waals surface area contributed by atoms with Crippen molar-refractivity contribution >= 4 is 35.4 Å². The van der Waals surface area contributed by atoms with Gasteiger partial charge in [-0.1, -0.05) is 24.4 Å². The van der Waals surface area contributed by atoms with Crippen molar-refractivity contribution in [3.8, 4) is 0 Å². The van der Waals surface area contributed by atoms with Crippen molar-refractivity contribution < 1.29 is 14.4 Å². The Bertz CT molecular complexity index is 590. The SMILES string of the molecule is O=CC1([C@@H]2CC(=O)N(c3ccc(Cl)cc3)C2=O)CCCC1. The molecule has 0 unspecified atom stereocenters. The molecule has 0 bridgehead atoms. The number of anilines is 1. The maximum atomic E-state index is 12.7. The Kier molecular flexibility index (Phi) is 3.57. The number of hydrogen-bond acceptors (Lipinski definition) is 3. The number of amides is 2. The zero-order chi connectivity index (χ0) is 15.0. The lowest BCUT2D eigenvalue weighted by molar-refractivity contribution is -0.130. The Morgan fingerprint density at radius 2 is 1.76 bits per heavy atom. The van der Waals surface area contributed by atoms with E-state index in [0.717, 1.165) is 19.1 Å². The van der Waals surface area contributed by atoms with E-state index in [4.69, 9.17) is 11.6 Å². The second kappa shape index (κ2) is 5.26. The lowest BCUT2D eigenvalue weighted by Gasteiger charge is -2.27. The molecule has 1 atom stereocenters. The summed E-state index contributed by atoms with van der Waals surface area (Å²) >= 11 is 5.83. The van der Waals surface area contributed by atoms with Gasteiger partial charge in [-0.3, -0.25) is 14.5 Å². The van der Waals surface area contributed by atoms with E-state index in [9.17, 15) is 14.4 Å². The first-order valence-electron chi connectivity index (χ1n) is 7.16. The van der Waals surface area contributed by atoms with Crippen molar-refractivity contribution in [2.45, 2.75) is 32.1 Å². The minimum Gasteiger partial charge on any atom is -0.303 e. The van der Waals surface area contributed by atoms with Crippen LogP contribution in [0, 0.1) is 11.3 Å². The van der Waals surface area contributed by atoms with E-state index in [1.807, 2.05) is 0 Å². The molecule has 1 aromatic carbocycles. The van der Waals surface area contributed by atoms with Gasteiger partial charge < -0.3 is 4.79 Å². The smallest absolute Gasteiger partial charge is 0.238 e. The van der Waals surface area contributed by atoms with E-state index in [1.54, 1.807) is 24.3 Å². The van der Waals surface area contributed by atoms with Crippen molar-refractivity contribution in [3.05, 3.63) is 29.3 Å². The van der Waals surface area contributed by atoms with Gasteiger partial charge in [0.2, 0.25) is 11.8 Å². The lowest BCUT2D eigenvalue weighted by atomic mass is 9.74. The largest absolute Gasteiger partial charge is 0.303 e. The fourth-order valence-electron chi connectivity index (χ4n) is 3.52. The van der Waals surface area contributed by atoms with Gasteiger partial charge in [0.1, 0.15) is 6.29 Å². The summed E-state index contributed by atoms with van der Waals surface area (Å²) in [4.78, 5) is 37.7. The van der Waals surface area contributed by atoms with Crippen LogP contribution >= 0.6 is 11.6 Å². The number of halogens is 1. The van der Waals surface area contributed by atoms with Gasteiger partial charge in [0.15, 0.2) is 0 Å². The molecule has 1 aromatic rings. The van der Waals surface area contributed by atoms with E-state index in [1.165, 1.54) is 4.90 Å². The Labute approximate surface area is 128 Å². The van der Waals surface area contributed by atoms with E-state index in [0.29, 0.717) is 23.6 Å². The third-order valence-corrected chi connectivity index (χ3v) is 4.95. The van der Waals surface area contributed by atoms with Crippen LogP contribution in [0.25, 0.3) is 0 Å². The predicted molar refractivity (Wildman–Crippen MR) is 79.0 cm³/mol. The molecule has 4 nitrogen and oxygen atoms in total. The van der Waals surface area contributed by atoms with Crippen LogP contribution in [0.2, 0.25) is 5.02 Å². The standard InChI is InChI=1S/C16H16ClNO3/c17-11-3-5-12(6-4-11)18-14(20)9-13(15(18)21)16(10-19)7-1-2-8-16/h3-6,10,13H,1-2,7-9H2/t13-/m1/s1. The van der Waals surface area contributed by atoms with E-state index in [2.05, 4.69) is 0 Å².